The number of carbonyl (C=O) groups excluding carboxylic acids is 1. The molecule has 5 rings (SSSR count). The van der Waals surface area contributed by atoms with Gasteiger partial charge in [0, 0.05) is 43.8 Å². The van der Waals surface area contributed by atoms with Crippen molar-refractivity contribution in [3.8, 4) is 0 Å². The first-order valence-electron chi connectivity index (χ1n) is 12.8. The van der Waals surface area contributed by atoms with Crippen molar-refractivity contribution in [3.05, 3.63) is 64.7 Å². The number of benzene rings is 2. The van der Waals surface area contributed by atoms with Crippen molar-refractivity contribution in [3.63, 3.8) is 0 Å². The molecule has 0 spiro atoms. The second-order valence-electron chi connectivity index (χ2n) is 10.0. The lowest BCUT2D eigenvalue weighted by Crippen LogP contribution is -2.58. The molecule has 2 heterocycles. The molecule has 3 aliphatic rings. The van der Waals surface area contributed by atoms with Crippen LogP contribution in [0.5, 0.6) is 0 Å². The molecule has 0 radical (unpaired) electrons. The number of halogens is 3. The Morgan fingerprint density at radius 3 is 2.28 bits per heavy atom. The van der Waals surface area contributed by atoms with E-state index in [9.17, 15) is 22.0 Å². The molecule has 2 aromatic carbocycles. The van der Waals surface area contributed by atoms with Crippen LogP contribution in [0.25, 0.3) is 0 Å². The maximum atomic E-state index is 14.2. The summed E-state index contributed by atoms with van der Waals surface area (Å²) >= 11 is 5.99. The summed E-state index contributed by atoms with van der Waals surface area (Å²) in [5, 5.41) is 9.51. The van der Waals surface area contributed by atoms with Crippen LogP contribution >= 0.6 is 11.6 Å². The van der Waals surface area contributed by atoms with Crippen molar-refractivity contribution < 1.29 is 36.6 Å². The highest BCUT2D eigenvalue weighted by Crippen LogP contribution is 2.50. The average molecular weight is 586 g/mol. The Hall–Kier alpha value is -2.35. The van der Waals surface area contributed by atoms with E-state index in [0.717, 1.165) is 12.1 Å². The summed E-state index contributed by atoms with van der Waals surface area (Å²) in [6, 6.07) is 6.52. The number of aliphatic hydroxyl groups is 1. The Morgan fingerprint density at radius 1 is 1.05 bits per heavy atom. The van der Waals surface area contributed by atoms with E-state index >= 15 is 0 Å². The first kappa shape index (κ1) is 28.2. The van der Waals surface area contributed by atoms with Crippen LogP contribution in [-0.4, -0.2) is 97.9 Å². The molecule has 1 saturated carbocycles. The number of rotatable bonds is 7. The first-order valence-corrected chi connectivity index (χ1v) is 14.6. The van der Waals surface area contributed by atoms with Gasteiger partial charge in [-0.15, -0.1) is 0 Å². The Labute approximate surface area is 230 Å². The van der Waals surface area contributed by atoms with Crippen LogP contribution in [0.15, 0.2) is 47.4 Å². The second kappa shape index (κ2) is 11.3. The van der Waals surface area contributed by atoms with Gasteiger partial charge >= 0.3 is 6.09 Å². The molecular weight excluding hydrogens is 556 g/mol. The highest BCUT2D eigenvalue weighted by atomic mass is 35.5. The third kappa shape index (κ3) is 5.91. The van der Waals surface area contributed by atoms with E-state index in [1.54, 1.807) is 4.90 Å². The Morgan fingerprint density at radius 2 is 1.69 bits per heavy atom. The minimum Gasteiger partial charge on any atom is -0.441 e. The van der Waals surface area contributed by atoms with Crippen LogP contribution in [0.2, 0.25) is 5.02 Å². The third-order valence-corrected chi connectivity index (χ3v) is 9.70. The van der Waals surface area contributed by atoms with E-state index in [-0.39, 0.29) is 30.3 Å². The average Bonchev–Trinajstić information content (AvgIpc) is 3.69. The first-order chi connectivity index (χ1) is 18.6. The summed E-state index contributed by atoms with van der Waals surface area (Å²) < 4.78 is 69.6. The van der Waals surface area contributed by atoms with Crippen LogP contribution in [0, 0.1) is 11.6 Å². The summed E-state index contributed by atoms with van der Waals surface area (Å²) in [6.07, 6.45) is 0.265. The molecule has 13 heteroatoms. The number of nitrogens with zero attached hydrogens (tertiary/aromatic N) is 3. The maximum Gasteiger partial charge on any atom is 0.410 e. The number of aliphatic hydroxyl groups excluding tert-OH is 1. The quantitative estimate of drug-likeness (QED) is 0.533. The minimum absolute atomic E-state index is 0.0313. The normalized spacial score (nSPS) is 23.9. The van der Waals surface area contributed by atoms with Gasteiger partial charge in [-0.2, -0.15) is 4.31 Å². The van der Waals surface area contributed by atoms with Crippen molar-refractivity contribution in [2.24, 2.45) is 0 Å². The largest absolute Gasteiger partial charge is 0.441 e. The van der Waals surface area contributed by atoms with E-state index in [2.05, 4.69) is 0 Å². The van der Waals surface area contributed by atoms with E-state index in [1.165, 1.54) is 28.6 Å². The van der Waals surface area contributed by atoms with Crippen molar-refractivity contribution >= 4 is 27.7 Å². The number of hydrogen-bond donors (Lipinski definition) is 1. The number of sulfonamides is 1. The molecule has 3 fully saturated rings. The molecule has 1 amide bonds. The van der Waals surface area contributed by atoms with Crippen LogP contribution in [0.4, 0.5) is 13.6 Å². The molecule has 39 heavy (non-hydrogen) atoms. The zero-order valence-corrected chi connectivity index (χ0v) is 22.7. The lowest BCUT2D eigenvalue weighted by Gasteiger charge is -2.44. The van der Waals surface area contributed by atoms with Gasteiger partial charge in [-0.25, -0.2) is 22.0 Å². The Bertz CT molecular complexity index is 1280. The standard InChI is InChI=1S/C26H30ClF2N3O6S/c27-19-1-3-22(4-2-19)39(35,36)32-23(18-13-20(28)15-21(29)14-18)16-37-17-24(32)26(5-6-26)38-25(34)31-9-7-30(8-10-31)11-12-33/h1-4,13-15,23-24,33H,5-12,16-17H2/t23-,24+/m0/s1. The van der Waals surface area contributed by atoms with Gasteiger partial charge in [0.05, 0.1) is 36.8 Å². The summed E-state index contributed by atoms with van der Waals surface area (Å²) in [5.41, 5.74) is -1.06. The van der Waals surface area contributed by atoms with Crippen molar-refractivity contribution in [2.75, 3.05) is 52.5 Å². The van der Waals surface area contributed by atoms with Gasteiger partial charge in [0.25, 0.3) is 0 Å². The Balaban J connectivity index is 1.46. The monoisotopic (exact) mass is 585 g/mol. The molecule has 1 N–H and O–H groups in total. The molecule has 0 aromatic heterocycles. The fourth-order valence-corrected chi connectivity index (χ4v) is 7.23. The van der Waals surface area contributed by atoms with Crippen molar-refractivity contribution in [1.82, 2.24) is 14.1 Å². The number of hydrogen-bond acceptors (Lipinski definition) is 7. The van der Waals surface area contributed by atoms with E-state index < -0.39 is 45.4 Å². The minimum atomic E-state index is -4.25. The smallest absolute Gasteiger partial charge is 0.410 e. The predicted octanol–water partition coefficient (Wildman–Crippen LogP) is 3.03. The summed E-state index contributed by atoms with van der Waals surface area (Å²) in [7, 11) is -4.25. The lowest BCUT2D eigenvalue weighted by molar-refractivity contribution is -0.0736. The number of morpholine rings is 1. The van der Waals surface area contributed by atoms with Crippen LogP contribution in [-0.2, 0) is 19.5 Å². The molecule has 2 saturated heterocycles. The molecular formula is C26H30ClF2N3O6S. The van der Waals surface area contributed by atoms with Gasteiger partial charge in [0.15, 0.2) is 0 Å². The van der Waals surface area contributed by atoms with E-state index in [0.29, 0.717) is 56.7 Å². The predicted molar refractivity (Wildman–Crippen MR) is 138 cm³/mol. The van der Waals surface area contributed by atoms with Gasteiger partial charge in [-0.1, -0.05) is 11.6 Å². The van der Waals surface area contributed by atoms with Crippen LogP contribution in [0.1, 0.15) is 24.4 Å². The van der Waals surface area contributed by atoms with Gasteiger partial charge in [-0.3, -0.25) is 4.90 Å². The Kier molecular flexibility index (Phi) is 8.14. The van der Waals surface area contributed by atoms with E-state index in [1.807, 2.05) is 4.90 Å². The SMILES string of the molecule is O=C(OC1([C@H]2COC[C@@H](c3cc(F)cc(F)c3)N2S(=O)(=O)c2ccc(Cl)cc2)CC1)N1CCN(CCO)CC1. The molecule has 2 atom stereocenters. The lowest BCUT2D eigenvalue weighted by atomic mass is 10.0. The van der Waals surface area contributed by atoms with Gasteiger partial charge in [0.2, 0.25) is 10.0 Å². The van der Waals surface area contributed by atoms with Gasteiger partial charge < -0.3 is 19.5 Å². The fraction of sp³-hybridized carbons (Fsp3) is 0.500. The highest BCUT2D eigenvalue weighted by Gasteiger charge is 2.60. The second-order valence-corrected chi connectivity index (χ2v) is 12.3. The van der Waals surface area contributed by atoms with E-state index in [4.69, 9.17) is 26.2 Å². The molecule has 0 unspecified atom stereocenters. The molecule has 9 nitrogen and oxygen atoms in total. The molecule has 1 aliphatic carbocycles. The number of carbonyl (C=O) groups is 1. The highest BCUT2D eigenvalue weighted by molar-refractivity contribution is 7.89. The summed E-state index contributed by atoms with van der Waals surface area (Å²) in [5.74, 6) is -1.69. The zero-order valence-electron chi connectivity index (χ0n) is 21.1. The number of β-amino-alcohol motifs (C(OH)–C–C–N with tert-alkyl or cyclic N) is 1. The molecule has 0 bridgehead atoms. The van der Waals surface area contributed by atoms with Crippen LogP contribution in [0.3, 0.4) is 0 Å². The summed E-state index contributed by atoms with van der Waals surface area (Å²) in [4.78, 5) is 16.7. The number of piperazine rings is 1. The van der Waals surface area contributed by atoms with Gasteiger partial charge in [-0.05, 0) is 54.8 Å². The van der Waals surface area contributed by atoms with Crippen LogP contribution < -0.4 is 0 Å². The molecule has 212 valence electrons. The number of amides is 1. The van der Waals surface area contributed by atoms with Gasteiger partial charge in [0.1, 0.15) is 17.2 Å². The topological polar surface area (TPSA) is 99.6 Å². The summed E-state index contributed by atoms with van der Waals surface area (Å²) in [6.45, 7) is 2.35. The maximum absolute atomic E-state index is 14.2. The van der Waals surface area contributed by atoms with Crippen molar-refractivity contribution in [1.29, 1.82) is 0 Å². The molecule has 2 aliphatic heterocycles. The number of ether oxygens (including phenoxy) is 2. The van der Waals surface area contributed by atoms with Crippen molar-refractivity contribution in [2.45, 2.75) is 35.4 Å². The molecule has 2 aromatic rings. The fourth-order valence-electron chi connectivity index (χ4n) is 5.27. The zero-order chi connectivity index (χ0) is 27.8. The third-order valence-electron chi connectivity index (χ3n) is 7.51.